The lowest BCUT2D eigenvalue weighted by Crippen LogP contribution is -2.27. The summed E-state index contributed by atoms with van der Waals surface area (Å²) in [5.74, 6) is -0.135. The molecule has 0 fully saturated rings. The van der Waals surface area contributed by atoms with Gasteiger partial charge in [0.05, 0.1) is 11.5 Å². The number of hydrogen-bond acceptors (Lipinski definition) is 8. The summed E-state index contributed by atoms with van der Waals surface area (Å²) in [6.07, 6.45) is 0. The normalized spacial score (nSPS) is 16.6. The van der Waals surface area contributed by atoms with E-state index in [2.05, 4.69) is 21.4 Å². The first-order valence-corrected chi connectivity index (χ1v) is 8.69. The molecule has 4 heterocycles. The molecule has 1 unspecified atom stereocenters. The van der Waals surface area contributed by atoms with Crippen LogP contribution in [-0.2, 0) is 0 Å². The van der Waals surface area contributed by atoms with Gasteiger partial charge in [0.1, 0.15) is 16.3 Å². The molecule has 1 atom stereocenters. The van der Waals surface area contributed by atoms with Crippen LogP contribution in [0.3, 0.4) is 0 Å². The summed E-state index contributed by atoms with van der Waals surface area (Å²) >= 11 is 2.82. The number of rotatable bonds is 2. The fourth-order valence-corrected chi connectivity index (χ4v) is 4.45. The van der Waals surface area contributed by atoms with E-state index in [0.717, 1.165) is 4.88 Å². The third kappa shape index (κ3) is 2.01. The van der Waals surface area contributed by atoms with Crippen molar-refractivity contribution in [3.05, 3.63) is 49.8 Å². The van der Waals surface area contributed by atoms with Crippen molar-refractivity contribution in [3.8, 4) is 11.8 Å². The summed E-state index contributed by atoms with van der Waals surface area (Å²) in [6, 6.07) is 5.84. The first kappa shape index (κ1) is 14.7. The summed E-state index contributed by atoms with van der Waals surface area (Å²) in [5.41, 5.74) is 6.72. The third-order valence-corrected chi connectivity index (χ3v) is 5.78. The molecule has 0 bridgehead atoms. The zero-order chi connectivity index (χ0) is 16.8. The number of nitrogens with two attached hydrogens (primary N) is 1. The average molecular weight is 357 g/mol. The van der Waals surface area contributed by atoms with Crippen LogP contribution in [0, 0.1) is 11.3 Å². The molecule has 3 aromatic heterocycles. The number of H-pyrrole nitrogens is 1. The van der Waals surface area contributed by atoms with E-state index in [1.165, 1.54) is 22.7 Å². The number of anilines is 1. The van der Waals surface area contributed by atoms with Gasteiger partial charge < -0.3 is 20.8 Å². The average Bonchev–Trinajstić information content (AvgIpc) is 3.23. The number of thiazole rings is 1. The molecule has 0 amide bonds. The quantitative estimate of drug-likeness (QED) is 0.648. The lowest BCUT2D eigenvalue weighted by Gasteiger charge is -2.24. The van der Waals surface area contributed by atoms with Crippen molar-refractivity contribution in [3.63, 3.8) is 0 Å². The second kappa shape index (κ2) is 5.36. The molecular weight excluding hydrogens is 346 g/mol. The fraction of sp³-hybridized carbons (Fsp3) is 0.133. The van der Waals surface area contributed by atoms with Crippen LogP contribution in [0.2, 0.25) is 0 Å². The number of allylic oxidation sites excluding steroid dienone is 1. The van der Waals surface area contributed by atoms with E-state index in [9.17, 15) is 10.1 Å². The van der Waals surface area contributed by atoms with Crippen molar-refractivity contribution in [1.82, 2.24) is 9.97 Å². The molecule has 1 aliphatic rings. The van der Waals surface area contributed by atoms with Gasteiger partial charge in [0.25, 0.3) is 5.56 Å². The highest BCUT2D eigenvalue weighted by Gasteiger charge is 2.35. The summed E-state index contributed by atoms with van der Waals surface area (Å²) in [4.78, 5) is 20.6. The minimum absolute atomic E-state index is 0.0229. The molecule has 3 aromatic rings. The number of aromatic amines is 1. The van der Waals surface area contributed by atoms with Gasteiger partial charge in [0.2, 0.25) is 5.88 Å². The maximum atomic E-state index is 12.7. The Hall–Kier alpha value is -2.83. The number of nitrogens with one attached hydrogen (secondary N) is 2. The molecule has 0 saturated carbocycles. The van der Waals surface area contributed by atoms with Crippen molar-refractivity contribution in [2.24, 2.45) is 5.73 Å². The van der Waals surface area contributed by atoms with Crippen LogP contribution in [0.5, 0.6) is 5.75 Å². The standard InChI is InChI=1S/C15H11N5O2S2/c1-18-15-20-13-11(24-15)10-9(14(21)19-13)8(7-3-2-4-23-7)6(5-16)12(17)22-10/h2-4,8H,17H2,1H3,(H2,18,19,20,21). The van der Waals surface area contributed by atoms with Crippen molar-refractivity contribution in [2.75, 3.05) is 12.4 Å². The number of thiophene rings is 1. The number of hydrogen-bond donors (Lipinski definition) is 3. The molecule has 0 aliphatic carbocycles. The maximum absolute atomic E-state index is 12.7. The van der Waals surface area contributed by atoms with E-state index in [4.69, 9.17) is 10.5 Å². The number of nitriles is 1. The Morgan fingerprint density at radius 2 is 2.38 bits per heavy atom. The highest BCUT2D eigenvalue weighted by molar-refractivity contribution is 7.22. The van der Waals surface area contributed by atoms with E-state index in [1.54, 1.807) is 7.05 Å². The van der Waals surface area contributed by atoms with Gasteiger partial charge in [-0.3, -0.25) is 4.79 Å². The van der Waals surface area contributed by atoms with Crippen LogP contribution >= 0.6 is 22.7 Å². The number of fused-ring (bicyclic) bond motifs is 3. The Kier molecular flexibility index (Phi) is 3.30. The molecule has 24 heavy (non-hydrogen) atoms. The SMILES string of the molecule is CNc1nc2[nH]c(=O)c3c(c2s1)OC(N)=C(C#N)C3c1cccs1. The summed E-state index contributed by atoms with van der Waals surface area (Å²) in [7, 11) is 1.75. The van der Waals surface area contributed by atoms with Crippen molar-refractivity contribution < 1.29 is 4.74 Å². The van der Waals surface area contributed by atoms with Crippen LogP contribution in [0.15, 0.2) is 33.8 Å². The van der Waals surface area contributed by atoms with Crippen LogP contribution in [0.4, 0.5) is 5.13 Å². The molecule has 9 heteroatoms. The van der Waals surface area contributed by atoms with Gasteiger partial charge in [-0.05, 0) is 11.4 Å². The highest BCUT2D eigenvalue weighted by Crippen LogP contribution is 2.45. The molecule has 0 spiro atoms. The van der Waals surface area contributed by atoms with Gasteiger partial charge in [0, 0.05) is 11.9 Å². The van der Waals surface area contributed by atoms with Gasteiger partial charge in [-0.15, -0.1) is 11.3 Å². The lowest BCUT2D eigenvalue weighted by atomic mass is 9.89. The van der Waals surface area contributed by atoms with Gasteiger partial charge >= 0.3 is 0 Å². The summed E-state index contributed by atoms with van der Waals surface area (Å²) in [6.45, 7) is 0. The Balaban J connectivity index is 2.08. The van der Waals surface area contributed by atoms with E-state index < -0.39 is 5.92 Å². The van der Waals surface area contributed by atoms with Gasteiger partial charge in [-0.25, -0.2) is 4.98 Å². The third-order valence-electron chi connectivity index (χ3n) is 3.77. The zero-order valence-corrected chi connectivity index (χ0v) is 14.0. The fourth-order valence-electron chi connectivity index (χ4n) is 2.74. The second-order valence-electron chi connectivity index (χ2n) is 5.08. The lowest BCUT2D eigenvalue weighted by molar-refractivity contribution is 0.398. The topological polar surface area (TPSA) is 117 Å². The Labute approximate surface area is 144 Å². The molecule has 4 rings (SSSR count). The largest absolute Gasteiger partial charge is 0.438 e. The smallest absolute Gasteiger partial charge is 0.257 e. The van der Waals surface area contributed by atoms with E-state index >= 15 is 0 Å². The molecule has 120 valence electrons. The Bertz CT molecular complexity index is 1070. The first-order valence-electron chi connectivity index (χ1n) is 6.99. The highest BCUT2D eigenvalue weighted by atomic mass is 32.1. The molecule has 0 saturated heterocycles. The molecule has 0 radical (unpaired) electrons. The predicted octanol–water partition coefficient (Wildman–Crippen LogP) is 2.31. The first-order chi connectivity index (χ1) is 11.6. The number of ether oxygens (including phenoxy) is 1. The molecule has 0 aromatic carbocycles. The van der Waals surface area contributed by atoms with E-state index in [1.807, 2.05) is 17.5 Å². The van der Waals surface area contributed by atoms with Crippen LogP contribution < -0.4 is 21.3 Å². The van der Waals surface area contributed by atoms with Crippen LogP contribution in [-0.4, -0.2) is 17.0 Å². The minimum atomic E-state index is -0.535. The Morgan fingerprint density at radius 3 is 3.04 bits per heavy atom. The van der Waals surface area contributed by atoms with E-state index in [0.29, 0.717) is 26.8 Å². The monoisotopic (exact) mass is 357 g/mol. The molecule has 1 aliphatic heterocycles. The maximum Gasteiger partial charge on any atom is 0.257 e. The van der Waals surface area contributed by atoms with Crippen molar-refractivity contribution >= 4 is 38.2 Å². The van der Waals surface area contributed by atoms with E-state index in [-0.39, 0.29) is 17.0 Å². The van der Waals surface area contributed by atoms with Crippen molar-refractivity contribution in [1.29, 1.82) is 5.26 Å². The number of pyridine rings is 1. The van der Waals surface area contributed by atoms with Gasteiger partial charge in [0.15, 0.2) is 16.5 Å². The second-order valence-corrected chi connectivity index (χ2v) is 7.06. The summed E-state index contributed by atoms with van der Waals surface area (Å²) in [5, 5.41) is 15.0. The van der Waals surface area contributed by atoms with Gasteiger partial charge in [-0.1, -0.05) is 17.4 Å². The minimum Gasteiger partial charge on any atom is -0.438 e. The summed E-state index contributed by atoms with van der Waals surface area (Å²) < 4.78 is 6.37. The Morgan fingerprint density at radius 1 is 1.54 bits per heavy atom. The molecular formula is C15H11N5O2S2. The zero-order valence-electron chi connectivity index (χ0n) is 12.4. The van der Waals surface area contributed by atoms with Crippen LogP contribution in [0.25, 0.3) is 10.3 Å². The predicted molar refractivity (Wildman–Crippen MR) is 93.4 cm³/mol. The number of aromatic nitrogens is 2. The van der Waals surface area contributed by atoms with Crippen LogP contribution in [0.1, 0.15) is 16.4 Å². The molecule has 4 N–H and O–H groups in total. The van der Waals surface area contributed by atoms with Gasteiger partial charge in [-0.2, -0.15) is 5.26 Å². The number of nitrogens with zero attached hydrogens (tertiary/aromatic N) is 2. The van der Waals surface area contributed by atoms with Crippen molar-refractivity contribution in [2.45, 2.75) is 5.92 Å². The molecule has 7 nitrogen and oxygen atoms in total.